The van der Waals surface area contributed by atoms with Crippen molar-refractivity contribution in [3.05, 3.63) is 94.1 Å². The molecule has 0 radical (unpaired) electrons. The minimum absolute atomic E-state index is 0.150. The van der Waals surface area contributed by atoms with E-state index in [1.54, 1.807) is 42.5 Å². The number of aryl methyl sites for hydroxylation is 2. The minimum atomic E-state index is -0.919. The van der Waals surface area contributed by atoms with E-state index in [4.69, 9.17) is 11.6 Å². The fourth-order valence-electron chi connectivity index (χ4n) is 3.71. The second kappa shape index (κ2) is 10.0. The number of rotatable bonds is 5. The molecule has 8 heteroatoms. The second-order valence-corrected chi connectivity index (χ2v) is 8.65. The Bertz CT molecular complexity index is 1440. The van der Waals surface area contributed by atoms with Gasteiger partial charge in [0.25, 0.3) is 5.91 Å². The SMILES string of the molecule is CCc1ccc(NC(=O)C(=O)Nn2c(C(=O)Nc3cccc(C)c3C)cc3cc(Cl)ccc32)cc1. The first-order valence-corrected chi connectivity index (χ1v) is 11.5. The summed E-state index contributed by atoms with van der Waals surface area (Å²) in [4.78, 5) is 38.6. The first kappa shape index (κ1) is 24.0. The van der Waals surface area contributed by atoms with Crippen molar-refractivity contribution in [2.24, 2.45) is 0 Å². The van der Waals surface area contributed by atoms with Gasteiger partial charge in [-0.25, -0.2) is 4.68 Å². The molecule has 4 aromatic rings. The van der Waals surface area contributed by atoms with Crippen molar-refractivity contribution in [1.29, 1.82) is 0 Å². The van der Waals surface area contributed by atoms with Crippen LogP contribution < -0.4 is 16.1 Å². The van der Waals surface area contributed by atoms with Gasteiger partial charge in [-0.2, -0.15) is 0 Å². The third-order valence-electron chi connectivity index (χ3n) is 5.89. The van der Waals surface area contributed by atoms with Crippen molar-refractivity contribution >= 4 is 51.6 Å². The molecule has 0 atom stereocenters. The van der Waals surface area contributed by atoms with Gasteiger partial charge in [0.1, 0.15) is 5.69 Å². The number of anilines is 2. The van der Waals surface area contributed by atoms with Crippen molar-refractivity contribution in [1.82, 2.24) is 4.68 Å². The van der Waals surface area contributed by atoms with Crippen LogP contribution in [0.2, 0.25) is 5.02 Å². The summed E-state index contributed by atoms with van der Waals surface area (Å²) in [5.74, 6) is -2.22. The molecule has 4 rings (SSSR count). The smallest absolute Gasteiger partial charge is 0.320 e. The van der Waals surface area contributed by atoms with Gasteiger partial charge in [0.05, 0.1) is 5.52 Å². The number of hydrogen-bond donors (Lipinski definition) is 3. The van der Waals surface area contributed by atoms with Crippen LogP contribution in [0.25, 0.3) is 10.9 Å². The molecule has 3 amide bonds. The topological polar surface area (TPSA) is 92.2 Å². The van der Waals surface area contributed by atoms with E-state index < -0.39 is 17.7 Å². The van der Waals surface area contributed by atoms with Gasteiger partial charge in [-0.15, -0.1) is 0 Å². The van der Waals surface area contributed by atoms with Crippen molar-refractivity contribution in [3.63, 3.8) is 0 Å². The predicted octanol–water partition coefficient (Wildman–Crippen LogP) is 5.44. The summed E-state index contributed by atoms with van der Waals surface area (Å²) in [5.41, 5.74) is 7.46. The lowest BCUT2D eigenvalue weighted by Crippen LogP contribution is -2.36. The first-order chi connectivity index (χ1) is 16.8. The Kier molecular flexibility index (Phi) is 6.89. The average Bonchev–Trinajstić information content (AvgIpc) is 3.19. The lowest BCUT2D eigenvalue weighted by molar-refractivity contribution is -0.133. The van der Waals surface area contributed by atoms with Crippen LogP contribution in [0, 0.1) is 13.8 Å². The molecule has 0 spiro atoms. The van der Waals surface area contributed by atoms with Crippen molar-refractivity contribution in [2.75, 3.05) is 16.1 Å². The molecule has 178 valence electrons. The van der Waals surface area contributed by atoms with Crippen LogP contribution in [-0.4, -0.2) is 22.4 Å². The zero-order valence-electron chi connectivity index (χ0n) is 19.6. The molecule has 7 nitrogen and oxygen atoms in total. The molecule has 1 heterocycles. The standard InChI is InChI=1S/C27H25ClN4O3/c1-4-18-8-11-21(12-9-18)29-26(34)27(35)31-32-23-13-10-20(28)14-19(23)15-24(32)25(33)30-22-7-5-6-16(2)17(22)3/h5-15H,4H2,1-3H3,(H,29,34)(H,30,33)(H,31,35). The van der Waals surface area contributed by atoms with Crippen LogP contribution in [0.15, 0.2) is 66.7 Å². The van der Waals surface area contributed by atoms with Gasteiger partial charge in [0.15, 0.2) is 0 Å². The number of nitrogens with zero attached hydrogens (tertiary/aromatic N) is 1. The lowest BCUT2D eigenvalue weighted by Gasteiger charge is -2.14. The monoisotopic (exact) mass is 488 g/mol. The van der Waals surface area contributed by atoms with Crippen LogP contribution in [0.3, 0.4) is 0 Å². The summed E-state index contributed by atoms with van der Waals surface area (Å²) in [6.45, 7) is 5.90. The quantitative estimate of drug-likeness (QED) is 0.327. The number of aromatic nitrogens is 1. The summed E-state index contributed by atoms with van der Waals surface area (Å²) in [5, 5.41) is 6.59. The van der Waals surface area contributed by atoms with Crippen molar-refractivity contribution in [3.8, 4) is 0 Å². The van der Waals surface area contributed by atoms with Gasteiger partial charge in [-0.05, 0) is 79.4 Å². The molecule has 0 unspecified atom stereocenters. The Labute approximate surface area is 208 Å². The number of carbonyl (C=O) groups excluding carboxylic acids is 3. The van der Waals surface area contributed by atoms with E-state index in [0.29, 0.717) is 27.3 Å². The fraction of sp³-hybridized carbons (Fsp3) is 0.148. The number of fused-ring (bicyclic) bond motifs is 1. The maximum absolute atomic E-state index is 13.2. The van der Waals surface area contributed by atoms with E-state index in [0.717, 1.165) is 23.1 Å². The molecule has 0 bridgehead atoms. The number of halogens is 1. The van der Waals surface area contributed by atoms with E-state index in [1.807, 2.05) is 45.0 Å². The molecule has 3 N–H and O–H groups in total. The third-order valence-corrected chi connectivity index (χ3v) is 6.12. The van der Waals surface area contributed by atoms with Crippen LogP contribution in [0.5, 0.6) is 0 Å². The molecule has 0 saturated heterocycles. The van der Waals surface area contributed by atoms with E-state index >= 15 is 0 Å². The Morgan fingerprint density at radius 1 is 0.886 bits per heavy atom. The molecule has 35 heavy (non-hydrogen) atoms. The first-order valence-electron chi connectivity index (χ1n) is 11.2. The molecule has 1 aromatic heterocycles. The number of benzene rings is 3. The van der Waals surface area contributed by atoms with Crippen molar-refractivity contribution < 1.29 is 14.4 Å². The molecule has 0 fully saturated rings. The van der Waals surface area contributed by atoms with Crippen LogP contribution >= 0.6 is 11.6 Å². The number of amides is 3. The lowest BCUT2D eigenvalue weighted by atomic mass is 10.1. The fourth-order valence-corrected chi connectivity index (χ4v) is 3.89. The van der Waals surface area contributed by atoms with Crippen molar-refractivity contribution in [2.45, 2.75) is 27.2 Å². The van der Waals surface area contributed by atoms with Crippen LogP contribution in [0.1, 0.15) is 34.1 Å². The number of carbonyl (C=O) groups is 3. The molecule has 3 aromatic carbocycles. The van der Waals surface area contributed by atoms with Crippen LogP contribution in [0.4, 0.5) is 11.4 Å². The van der Waals surface area contributed by atoms with Gasteiger partial charge < -0.3 is 10.6 Å². The molecule has 0 aliphatic carbocycles. The molecule has 0 saturated carbocycles. The predicted molar refractivity (Wildman–Crippen MR) is 140 cm³/mol. The highest BCUT2D eigenvalue weighted by Gasteiger charge is 2.21. The molecular weight excluding hydrogens is 464 g/mol. The summed E-state index contributed by atoms with van der Waals surface area (Å²) in [6.07, 6.45) is 0.867. The Hall–Kier alpha value is -4.10. The van der Waals surface area contributed by atoms with E-state index in [2.05, 4.69) is 16.1 Å². The van der Waals surface area contributed by atoms with Gasteiger partial charge in [0.2, 0.25) is 0 Å². The Morgan fingerprint density at radius 2 is 1.63 bits per heavy atom. The van der Waals surface area contributed by atoms with E-state index in [1.165, 1.54) is 4.68 Å². The van der Waals surface area contributed by atoms with Gasteiger partial charge in [0, 0.05) is 21.8 Å². The molecular formula is C27H25ClN4O3. The third kappa shape index (κ3) is 5.20. The molecule has 0 aliphatic rings. The minimum Gasteiger partial charge on any atom is -0.320 e. The zero-order valence-corrected chi connectivity index (χ0v) is 20.4. The Balaban J connectivity index is 1.62. The summed E-state index contributed by atoms with van der Waals surface area (Å²) < 4.78 is 1.30. The highest BCUT2D eigenvalue weighted by molar-refractivity contribution is 6.42. The summed E-state index contributed by atoms with van der Waals surface area (Å²) >= 11 is 6.13. The number of nitrogens with one attached hydrogen (secondary N) is 3. The summed E-state index contributed by atoms with van der Waals surface area (Å²) in [6, 6.07) is 19.5. The Morgan fingerprint density at radius 3 is 2.34 bits per heavy atom. The van der Waals surface area contributed by atoms with E-state index in [-0.39, 0.29) is 5.69 Å². The largest absolute Gasteiger partial charge is 0.328 e. The average molecular weight is 489 g/mol. The van der Waals surface area contributed by atoms with Gasteiger partial charge in [-0.1, -0.05) is 42.8 Å². The van der Waals surface area contributed by atoms with Gasteiger partial charge in [-0.3, -0.25) is 19.8 Å². The number of hydrogen-bond acceptors (Lipinski definition) is 3. The highest BCUT2D eigenvalue weighted by Crippen LogP contribution is 2.25. The van der Waals surface area contributed by atoms with Gasteiger partial charge >= 0.3 is 11.8 Å². The van der Waals surface area contributed by atoms with Crippen LogP contribution in [-0.2, 0) is 16.0 Å². The zero-order chi connectivity index (χ0) is 25.1. The maximum atomic E-state index is 13.2. The highest BCUT2D eigenvalue weighted by atomic mass is 35.5. The second-order valence-electron chi connectivity index (χ2n) is 8.22. The molecule has 0 aliphatic heterocycles. The summed E-state index contributed by atoms with van der Waals surface area (Å²) in [7, 11) is 0. The normalized spacial score (nSPS) is 10.7. The van der Waals surface area contributed by atoms with E-state index in [9.17, 15) is 14.4 Å². The maximum Gasteiger partial charge on any atom is 0.328 e.